The van der Waals surface area contributed by atoms with Gasteiger partial charge >= 0.3 is 10.4 Å². The third kappa shape index (κ3) is 1.37. The zero-order valence-corrected chi connectivity index (χ0v) is 3.97. The van der Waals surface area contributed by atoms with Gasteiger partial charge in [0, 0.05) is 0 Å². The third-order valence-electron chi connectivity index (χ3n) is 0.222. The van der Waals surface area contributed by atoms with E-state index in [1.165, 1.54) is 0 Å². The van der Waals surface area contributed by atoms with Crippen molar-refractivity contribution in [2.75, 3.05) is 0 Å². The maximum atomic E-state index is 9.52. The van der Waals surface area contributed by atoms with Gasteiger partial charge in [0.1, 0.15) is 0 Å². The predicted octanol–water partition coefficient (Wildman–Crippen LogP) is -0.713. The molecule has 0 atom stereocenters. The Hall–Kier alpha value is -0.210. The first-order valence-electron chi connectivity index (χ1n) is 1.00. The lowest BCUT2D eigenvalue weighted by molar-refractivity contribution is -0.477. The highest BCUT2D eigenvalue weighted by Crippen LogP contribution is 2.07. The van der Waals surface area contributed by atoms with E-state index in [0.717, 1.165) is 0 Å². The van der Waals surface area contributed by atoms with Gasteiger partial charge in [0.25, 0.3) is 0 Å². The lowest BCUT2D eigenvalue weighted by Gasteiger charge is -2.05. The zero-order valence-electron chi connectivity index (χ0n) is 3.16. The molecule has 0 spiro atoms. The molecule has 0 saturated carbocycles. The molecule has 7 heteroatoms. The Morgan fingerprint density at radius 3 is 1.43 bits per heavy atom. The summed E-state index contributed by atoms with van der Waals surface area (Å²) in [5.41, 5.74) is 0. The van der Waals surface area contributed by atoms with Crippen molar-refractivity contribution in [3.8, 4) is 0 Å². The second-order valence-electron chi connectivity index (χ2n) is 0.612. The van der Waals surface area contributed by atoms with Gasteiger partial charge in [0.05, 0.1) is 0 Å². The van der Waals surface area contributed by atoms with Crippen LogP contribution in [0.1, 0.15) is 0 Å². The van der Waals surface area contributed by atoms with Crippen molar-refractivity contribution in [1.29, 1.82) is 0 Å². The number of hydrogen-bond donors (Lipinski definition) is 1. The summed E-state index contributed by atoms with van der Waals surface area (Å²) in [5, 5.41) is 3.35. The van der Waals surface area contributed by atoms with Crippen LogP contribution in [-0.2, 0) is 24.1 Å². The van der Waals surface area contributed by atoms with E-state index in [1.807, 2.05) is 0 Å². The lowest BCUT2D eigenvalue weighted by atomic mass is 14.0. The van der Waals surface area contributed by atoms with Gasteiger partial charge in [-0.3, -0.25) is 0 Å². The van der Waals surface area contributed by atoms with Crippen molar-refractivity contribution in [2.24, 2.45) is 0 Å². The summed E-state index contributed by atoms with van der Waals surface area (Å²) in [6, 6.07) is 0. The minimum atomic E-state index is -3.70. The van der Waals surface area contributed by atoms with Crippen LogP contribution >= 0.6 is 0 Å². The maximum Gasteiger partial charge on any atom is 0.457 e. The summed E-state index contributed by atoms with van der Waals surface area (Å²) >= 11 is 0. The molecule has 1 rings (SSSR count). The van der Waals surface area contributed by atoms with E-state index in [2.05, 4.69) is 13.7 Å². The van der Waals surface area contributed by atoms with Gasteiger partial charge in [-0.15, -0.1) is 0 Å². The van der Waals surface area contributed by atoms with Crippen molar-refractivity contribution in [1.82, 2.24) is 6.15 Å². The van der Waals surface area contributed by atoms with Gasteiger partial charge in [0.2, 0.25) is 0 Å². The maximum absolute atomic E-state index is 9.52. The molecule has 3 N–H and O–H groups in total. The largest absolute Gasteiger partial charge is 0.457 e. The zero-order chi connectivity index (χ0) is 4.62. The smallest absolute Gasteiger partial charge is 0.344 e. The third-order valence-corrected chi connectivity index (χ3v) is 0.667. The highest BCUT2D eigenvalue weighted by atomic mass is 32.3. The van der Waals surface area contributed by atoms with Crippen LogP contribution in [0.3, 0.4) is 0 Å². The van der Waals surface area contributed by atoms with Gasteiger partial charge in [0.15, 0.2) is 0 Å². The molecule has 0 aromatic carbocycles. The molecule has 0 aromatic heterocycles. The predicted molar refractivity (Wildman–Crippen MR) is 17.2 cm³/mol. The molecule has 1 fully saturated rings. The summed E-state index contributed by atoms with van der Waals surface area (Å²) in [7, 11) is -3.70. The minimum absolute atomic E-state index is 0. The minimum Gasteiger partial charge on any atom is -0.344 e. The van der Waals surface area contributed by atoms with Crippen LogP contribution in [0.5, 0.6) is 0 Å². The molecule has 6 nitrogen and oxygen atoms in total. The van der Waals surface area contributed by atoms with Crippen LogP contribution in [0, 0.1) is 0 Å². The summed E-state index contributed by atoms with van der Waals surface area (Å²) in [5.74, 6) is 0. The van der Waals surface area contributed by atoms with Crippen LogP contribution in [0.25, 0.3) is 0 Å². The molecular weight excluding hydrogens is 126 g/mol. The Balaban J connectivity index is 0.000000360. The molecule has 44 valence electrons. The summed E-state index contributed by atoms with van der Waals surface area (Å²) < 4.78 is 25.8. The van der Waals surface area contributed by atoms with E-state index < -0.39 is 10.4 Å². The van der Waals surface area contributed by atoms with Crippen molar-refractivity contribution in [3.63, 3.8) is 0 Å². The molecule has 1 aliphatic rings. The summed E-state index contributed by atoms with van der Waals surface area (Å²) in [4.78, 5) is 0. The molecule has 0 aromatic rings. The van der Waals surface area contributed by atoms with Crippen LogP contribution in [-0.4, -0.2) is 8.42 Å². The Labute approximate surface area is 39.7 Å². The lowest BCUT2D eigenvalue weighted by Crippen LogP contribution is -2.20. The van der Waals surface area contributed by atoms with E-state index >= 15 is 0 Å². The molecule has 0 radical (unpaired) electrons. The van der Waals surface area contributed by atoms with Crippen molar-refractivity contribution < 1.29 is 22.1 Å². The molecule has 0 unspecified atom stereocenters. The fraction of sp³-hybridized carbons (Fsp3) is 0. The number of hydrogen-bond acceptors (Lipinski definition) is 6. The molecule has 1 aliphatic heterocycles. The molecule has 0 amide bonds. The van der Waals surface area contributed by atoms with E-state index in [4.69, 9.17) is 0 Å². The molecule has 7 heavy (non-hydrogen) atoms. The highest BCUT2D eigenvalue weighted by Gasteiger charge is 2.26. The summed E-state index contributed by atoms with van der Waals surface area (Å²) in [6.07, 6.45) is 0. The van der Waals surface area contributed by atoms with E-state index in [-0.39, 0.29) is 6.15 Å². The average molecular weight is 129 g/mol. The van der Waals surface area contributed by atoms with E-state index in [0.29, 0.717) is 0 Å². The highest BCUT2D eigenvalue weighted by molar-refractivity contribution is 7.82. The SMILES string of the molecule is N.O=S1(=O)OOO1. The number of rotatable bonds is 0. The fourth-order valence-electron chi connectivity index (χ4n) is 0.0731. The van der Waals surface area contributed by atoms with Crippen LogP contribution in [0.4, 0.5) is 0 Å². The fourth-order valence-corrected chi connectivity index (χ4v) is 0.219. The molecule has 0 bridgehead atoms. The summed E-state index contributed by atoms with van der Waals surface area (Å²) in [6.45, 7) is 0. The van der Waals surface area contributed by atoms with Gasteiger partial charge < -0.3 is 6.15 Å². The monoisotopic (exact) mass is 129 g/mol. The molecule has 1 heterocycles. The first kappa shape index (κ1) is 6.79. The van der Waals surface area contributed by atoms with Crippen molar-refractivity contribution >= 4 is 10.4 Å². The van der Waals surface area contributed by atoms with E-state index in [9.17, 15) is 8.42 Å². The second-order valence-corrected chi connectivity index (χ2v) is 1.70. The van der Waals surface area contributed by atoms with Crippen LogP contribution in [0.15, 0.2) is 0 Å². The van der Waals surface area contributed by atoms with Gasteiger partial charge in [-0.1, -0.05) is 0 Å². The Morgan fingerprint density at radius 2 is 1.43 bits per heavy atom. The standard InChI is InChI=1S/H3N.O5S/c;1-6(2)4-3-5-6/h1H3;. The normalized spacial score (nSPS) is 24.6. The topological polar surface area (TPSA) is 96.8 Å². The van der Waals surface area contributed by atoms with Gasteiger partial charge in [-0.25, -0.2) is 0 Å². The first-order chi connectivity index (χ1) is 2.71. The molecule has 1 saturated heterocycles. The van der Waals surface area contributed by atoms with Crippen molar-refractivity contribution in [3.05, 3.63) is 0 Å². The van der Waals surface area contributed by atoms with E-state index in [1.54, 1.807) is 0 Å². The Kier molecular flexibility index (Phi) is 1.67. The van der Waals surface area contributed by atoms with Crippen LogP contribution < -0.4 is 6.15 Å². The van der Waals surface area contributed by atoms with Gasteiger partial charge in [-0.2, -0.15) is 8.42 Å². The average Bonchev–Trinajstić information content (AvgIpc) is 1.32. The van der Waals surface area contributed by atoms with Gasteiger partial charge in [-0.05, 0) is 13.7 Å². The second kappa shape index (κ2) is 1.72. The molecular formula is H3NO5S. The quantitative estimate of drug-likeness (QED) is 0.434. The Bertz CT molecular complexity index is 122. The Morgan fingerprint density at radius 1 is 1.14 bits per heavy atom. The molecule has 0 aliphatic carbocycles. The first-order valence-corrected chi connectivity index (χ1v) is 2.33. The van der Waals surface area contributed by atoms with Crippen molar-refractivity contribution in [2.45, 2.75) is 0 Å². The van der Waals surface area contributed by atoms with Crippen LogP contribution in [0.2, 0.25) is 0 Å².